The van der Waals surface area contributed by atoms with Gasteiger partial charge >= 0.3 is 5.97 Å². The number of carbonyl (C=O) groups is 2. The molecule has 144 valence electrons. The van der Waals surface area contributed by atoms with Crippen LogP contribution >= 0.6 is 0 Å². The van der Waals surface area contributed by atoms with Gasteiger partial charge in [0.1, 0.15) is 6.04 Å². The van der Waals surface area contributed by atoms with Crippen LogP contribution in [0.25, 0.3) is 22.3 Å². The zero-order chi connectivity index (χ0) is 19.8. The molecule has 3 heterocycles. The number of hydrogen-bond donors (Lipinski definition) is 1. The van der Waals surface area contributed by atoms with E-state index in [0.717, 1.165) is 5.56 Å². The average molecular weight is 378 g/mol. The minimum atomic E-state index is -0.961. The van der Waals surface area contributed by atoms with E-state index >= 15 is 0 Å². The number of aliphatic carboxylic acids is 1. The Hall–Kier alpha value is -3.22. The van der Waals surface area contributed by atoms with Crippen molar-refractivity contribution < 1.29 is 14.7 Å². The lowest BCUT2D eigenvalue weighted by Gasteiger charge is -2.22. The molecule has 1 fully saturated rings. The SMILES string of the molecule is CC(C)n1ncc2c(C(=O)N3CCC[C@H]3C(=O)O)cc(-c3ccccc3)nc21. The molecule has 3 aromatic rings. The van der Waals surface area contributed by atoms with Gasteiger partial charge in [-0.15, -0.1) is 0 Å². The Bertz CT molecular complexity index is 1040. The maximum atomic E-state index is 13.3. The molecular weight excluding hydrogens is 356 g/mol. The number of amides is 1. The summed E-state index contributed by atoms with van der Waals surface area (Å²) in [6.45, 7) is 4.45. The predicted octanol–water partition coefficient (Wildman–Crippen LogP) is 3.37. The highest BCUT2D eigenvalue weighted by atomic mass is 16.4. The van der Waals surface area contributed by atoms with Gasteiger partial charge in [-0.1, -0.05) is 30.3 Å². The van der Waals surface area contributed by atoms with E-state index in [-0.39, 0.29) is 11.9 Å². The second-order valence-corrected chi connectivity index (χ2v) is 7.34. The number of carbonyl (C=O) groups excluding carboxylic acids is 1. The molecule has 1 saturated heterocycles. The molecule has 0 unspecified atom stereocenters. The van der Waals surface area contributed by atoms with Gasteiger partial charge in [0, 0.05) is 18.2 Å². The summed E-state index contributed by atoms with van der Waals surface area (Å²) in [4.78, 5) is 31.1. The third-order valence-electron chi connectivity index (χ3n) is 5.15. The Morgan fingerprint density at radius 3 is 2.64 bits per heavy atom. The van der Waals surface area contributed by atoms with Crippen LogP contribution in [-0.4, -0.2) is 49.2 Å². The Kier molecular flexibility index (Phi) is 4.58. The highest BCUT2D eigenvalue weighted by Crippen LogP contribution is 2.29. The summed E-state index contributed by atoms with van der Waals surface area (Å²) in [5, 5.41) is 14.5. The van der Waals surface area contributed by atoms with Crippen LogP contribution in [0.15, 0.2) is 42.6 Å². The molecule has 0 bridgehead atoms. The maximum absolute atomic E-state index is 13.3. The van der Waals surface area contributed by atoms with Crippen LogP contribution in [-0.2, 0) is 4.79 Å². The van der Waals surface area contributed by atoms with Crippen LogP contribution in [0.1, 0.15) is 43.1 Å². The van der Waals surface area contributed by atoms with Crippen molar-refractivity contribution in [2.45, 2.75) is 38.8 Å². The molecule has 7 nitrogen and oxygen atoms in total. The number of nitrogens with zero attached hydrogens (tertiary/aromatic N) is 4. The molecule has 1 aromatic carbocycles. The molecule has 2 aromatic heterocycles. The quantitative estimate of drug-likeness (QED) is 0.752. The number of hydrogen-bond acceptors (Lipinski definition) is 4. The zero-order valence-electron chi connectivity index (χ0n) is 15.9. The van der Waals surface area contributed by atoms with Crippen LogP contribution in [0.5, 0.6) is 0 Å². The van der Waals surface area contributed by atoms with Gasteiger partial charge in [-0.25, -0.2) is 14.5 Å². The van der Waals surface area contributed by atoms with Crippen molar-refractivity contribution in [1.82, 2.24) is 19.7 Å². The van der Waals surface area contributed by atoms with Crippen LogP contribution in [0.3, 0.4) is 0 Å². The summed E-state index contributed by atoms with van der Waals surface area (Å²) in [7, 11) is 0. The summed E-state index contributed by atoms with van der Waals surface area (Å²) < 4.78 is 1.79. The first-order chi connectivity index (χ1) is 13.5. The van der Waals surface area contributed by atoms with Gasteiger partial charge in [-0.2, -0.15) is 5.10 Å². The number of carboxylic acid groups (broad SMARTS) is 1. The molecule has 0 aliphatic carbocycles. The summed E-state index contributed by atoms with van der Waals surface area (Å²) in [6, 6.07) is 10.7. The summed E-state index contributed by atoms with van der Waals surface area (Å²) in [6.07, 6.45) is 2.82. The van der Waals surface area contributed by atoms with Crippen molar-refractivity contribution in [3.63, 3.8) is 0 Å². The third kappa shape index (κ3) is 3.02. The molecule has 7 heteroatoms. The molecule has 1 aliphatic rings. The lowest BCUT2D eigenvalue weighted by molar-refractivity contribution is -0.141. The first-order valence-electron chi connectivity index (χ1n) is 9.45. The predicted molar refractivity (Wildman–Crippen MR) is 105 cm³/mol. The number of fused-ring (bicyclic) bond motifs is 1. The fourth-order valence-electron chi connectivity index (χ4n) is 3.75. The fraction of sp³-hybridized carbons (Fsp3) is 0.333. The molecule has 1 N–H and O–H groups in total. The molecule has 1 amide bonds. The maximum Gasteiger partial charge on any atom is 0.326 e. The van der Waals surface area contributed by atoms with Crippen molar-refractivity contribution in [2.75, 3.05) is 6.54 Å². The Morgan fingerprint density at radius 1 is 1.21 bits per heavy atom. The van der Waals surface area contributed by atoms with Crippen molar-refractivity contribution in [3.05, 3.63) is 48.2 Å². The molecular formula is C21H22N4O3. The second kappa shape index (κ2) is 7.07. The van der Waals surface area contributed by atoms with E-state index < -0.39 is 12.0 Å². The van der Waals surface area contributed by atoms with E-state index in [1.165, 1.54) is 4.90 Å². The first kappa shape index (κ1) is 18.2. The number of likely N-dealkylation sites (tertiary alicyclic amines) is 1. The lowest BCUT2D eigenvalue weighted by Crippen LogP contribution is -2.40. The van der Waals surface area contributed by atoms with E-state index in [9.17, 15) is 14.7 Å². The highest BCUT2D eigenvalue weighted by molar-refractivity contribution is 6.07. The standard InChI is InChI=1S/C21H22N4O3/c1-13(2)25-19-16(12-22-25)15(11-17(23-19)14-7-4-3-5-8-14)20(26)24-10-6-9-18(24)21(27)28/h3-5,7-8,11-13,18H,6,9-10H2,1-2H3,(H,27,28)/t18-/m0/s1. The zero-order valence-corrected chi connectivity index (χ0v) is 15.9. The number of rotatable bonds is 4. The Labute approximate surface area is 162 Å². The van der Waals surface area contributed by atoms with E-state index in [1.54, 1.807) is 16.9 Å². The number of pyridine rings is 1. The monoisotopic (exact) mass is 378 g/mol. The first-order valence-corrected chi connectivity index (χ1v) is 9.45. The van der Waals surface area contributed by atoms with Crippen LogP contribution in [0.4, 0.5) is 0 Å². The van der Waals surface area contributed by atoms with Crippen LogP contribution in [0.2, 0.25) is 0 Å². The largest absolute Gasteiger partial charge is 0.480 e. The van der Waals surface area contributed by atoms with Gasteiger partial charge < -0.3 is 10.0 Å². The highest BCUT2D eigenvalue weighted by Gasteiger charge is 2.35. The topological polar surface area (TPSA) is 88.3 Å². The number of carboxylic acids is 1. The van der Waals surface area contributed by atoms with E-state index in [1.807, 2.05) is 44.2 Å². The van der Waals surface area contributed by atoms with Gasteiger partial charge in [0.05, 0.1) is 22.8 Å². The number of aromatic nitrogens is 3. The van der Waals surface area contributed by atoms with E-state index in [4.69, 9.17) is 4.98 Å². The lowest BCUT2D eigenvalue weighted by atomic mass is 10.1. The Morgan fingerprint density at radius 2 is 1.96 bits per heavy atom. The summed E-state index contributed by atoms with van der Waals surface area (Å²) >= 11 is 0. The normalized spacial score (nSPS) is 16.8. The molecule has 1 atom stereocenters. The van der Waals surface area contributed by atoms with Gasteiger partial charge in [-0.3, -0.25) is 4.79 Å². The average Bonchev–Trinajstić information content (AvgIpc) is 3.34. The van der Waals surface area contributed by atoms with Gasteiger partial charge in [-0.05, 0) is 32.8 Å². The third-order valence-corrected chi connectivity index (χ3v) is 5.15. The molecule has 0 saturated carbocycles. The fourth-order valence-corrected chi connectivity index (χ4v) is 3.75. The Balaban J connectivity index is 1.89. The second-order valence-electron chi connectivity index (χ2n) is 7.34. The smallest absolute Gasteiger partial charge is 0.326 e. The van der Waals surface area contributed by atoms with Crippen LogP contribution in [0, 0.1) is 0 Å². The molecule has 28 heavy (non-hydrogen) atoms. The number of benzene rings is 1. The summed E-state index contributed by atoms with van der Waals surface area (Å²) in [5.74, 6) is -1.24. The minimum absolute atomic E-state index is 0.0810. The molecule has 1 aliphatic heterocycles. The molecule has 0 spiro atoms. The van der Waals surface area contributed by atoms with Crippen molar-refractivity contribution in [2.24, 2.45) is 0 Å². The molecule has 4 rings (SSSR count). The van der Waals surface area contributed by atoms with Crippen molar-refractivity contribution in [1.29, 1.82) is 0 Å². The minimum Gasteiger partial charge on any atom is -0.480 e. The van der Waals surface area contributed by atoms with E-state index in [2.05, 4.69) is 5.10 Å². The summed E-state index contributed by atoms with van der Waals surface area (Å²) in [5.41, 5.74) is 2.64. The van der Waals surface area contributed by atoms with Crippen molar-refractivity contribution >= 4 is 22.9 Å². The van der Waals surface area contributed by atoms with Gasteiger partial charge in [0.2, 0.25) is 0 Å². The van der Waals surface area contributed by atoms with Gasteiger partial charge in [0.15, 0.2) is 5.65 Å². The van der Waals surface area contributed by atoms with E-state index in [0.29, 0.717) is 41.7 Å². The van der Waals surface area contributed by atoms with Crippen molar-refractivity contribution in [3.8, 4) is 11.3 Å². The van der Waals surface area contributed by atoms with Crippen LogP contribution < -0.4 is 0 Å². The molecule has 0 radical (unpaired) electrons. The van der Waals surface area contributed by atoms with Gasteiger partial charge in [0.25, 0.3) is 5.91 Å².